The van der Waals surface area contributed by atoms with Crippen molar-refractivity contribution < 1.29 is 20.1 Å². The number of aliphatic hydroxyl groups is 3. The fraction of sp³-hybridized carbons (Fsp3) is 0.857. The molecule has 0 aliphatic rings. The molecule has 0 amide bonds. The highest BCUT2D eigenvalue weighted by Crippen LogP contribution is 2.05. The topological polar surface area (TPSA) is 77.8 Å². The van der Waals surface area contributed by atoms with Gasteiger partial charge >= 0.3 is 0 Å². The second kappa shape index (κ2) is 5.23. The summed E-state index contributed by atoms with van der Waals surface area (Å²) in [6, 6.07) is 0. The molecule has 4 heteroatoms. The van der Waals surface area contributed by atoms with Gasteiger partial charge in [-0.05, 0) is 6.42 Å². The fourth-order valence-corrected chi connectivity index (χ4v) is 0.736. The Hall–Kier alpha value is -0.450. The van der Waals surface area contributed by atoms with E-state index in [-0.39, 0.29) is 6.42 Å². The van der Waals surface area contributed by atoms with Gasteiger partial charge in [-0.2, -0.15) is 0 Å². The SMILES string of the molecule is CC[C@@H](O)[C@@H](O)[C@H](O)CC=O. The van der Waals surface area contributed by atoms with Gasteiger partial charge in [0.1, 0.15) is 12.4 Å². The van der Waals surface area contributed by atoms with Crippen molar-refractivity contribution in [3.63, 3.8) is 0 Å². The predicted octanol–water partition coefficient (Wildman–Crippen LogP) is -0.932. The van der Waals surface area contributed by atoms with E-state index < -0.39 is 18.3 Å². The molecule has 4 nitrogen and oxygen atoms in total. The van der Waals surface area contributed by atoms with E-state index in [0.717, 1.165) is 0 Å². The van der Waals surface area contributed by atoms with Crippen molar-refractivity contribution in [1.29, 1.82) is 0 Å². The minimum atomic E-state index is -1.22. The molecule has 0 radical (unpaired) electrons. The first-order valence-electron chi connectivity index (χ1n) is 3.61. The van der Waals surface area contributed by atoms with Crippen LogP contribution in [0.5, 0.6) is 0 Å². The maximum absolute atomic E-state index is 9.88. The minimum Gasteiger partial charge on any atom is -0.390 e. The summed E-state index contributed by atoms with van der Waals surface area (Å²) in [5, 5.41) is 27.0. The summed E-state index contributed by atoms with van der Waals surface area (Å²) in [4.78, 5) is 9.88. The van der Waals surface area contributed by atoms with Crippen LogP contribution in [0.4, 0.5) is 0 Å². The molecule has 0 spiro atoms. The number of hydrogen-bond acceptors (Lipinski definition) is 4. The Labute approximate surface area is 65.5 Å². The highest BCUT2D eigenvalue weighted by Gasteiger charge is 2.22. The number of carbonyl (C=O) groups is 1. The second-order valence-corrected chi connectivity index (χ2v) is 2.44. The molecule has 0 bridgehead atoms. The summed E-state index contributed by atoms with van der Waals surface area (Å²) >= 11 is 0. The van der Waals surface area contributed by atoms with Crippen LogP contribution in [-0.4, -0.2) is 39.9 Å². The van der Waals surface area contributed by atoms with Crippen LogP contribution in [0.25, 0.3) is 0 Å². The van der Waals surface area contributed by atoms with Crippen LogP contribution in [0.15, 0.2) is 0 Å². The lowest BCUT2D eigenvalue weighted by Crippen LogP contribution is -2.37. The van der Waals surface area contributed by atoms with Crippen LogP contribution in [-0.2, 0) is 4.79 Å². The van der Waals surface area contributed by atoms with Crippen molar-refractivity contribution in [2.45, 2.75) is 38.1 Å². The molecule has 0 aliphatic carbocycles. The predicted molar refractivity (Wildman–Crippen MR) is 39.0 cm³/mol. The van der Waals surface area contributed by atoms with Gasteiger partial charge in [0.05, 0.1) is 12.2 Å². The Morgan fingerprint density at radius 2 is 1.82 bits per heavy atom. The zero-order chi connectivity index (χ0) is 8.85. The lowest BCUT2D eigenvalue weighted by atomic mass is 10.0. The third-order valence-corrected chi connectivity index (χ3v) is 1.54. The fourth-order valence-electron chi connectivity index (χ4n) is 0.736. The number of aliphatic hydroxyl groups excluding tert-OH is 3. The second-order valence-electron chi connectivity index (χ2n) is 2.44. The number of carbonyl (C=O) groups excluding carboxylic acids is 1. The molecule has 0 aromatic carbocycles. The van der Waals surface area contributed by atoms with Crippen LogP contribution in [0.2, 0.25) is 0 Å². The van der Waals surface area contributed by atoms with E-state index in [4.69, 9.17) is 15.3 Å². The summed E-state index contributed by atoms with van der Waals surface area (Å²) in [6.45, 7) is 1.68. The smallest absolute Gasteiger partial charge is 0.122 e. The molecule has 0 fully saturated rings. The molecule has 3 atom stereocenters. The summed E-state index contributed by atoms with van der Waals surface area (Å²) < 4.78 is 0. The van der Waals surface area contributed by atoms with Crippen molar-refractivity contribution in [1.82, 2.24) is 0 Å². The van der Waals surface area contributed by atoms with Gasteiger partial charge in [-0.15, -0.1) is 0 Å². The summed E-state index contributed by atoms with van der Waals surface area (Å²) in [7, 11) is 0. The van der Waals surface area contributed by atoms with E-state index in [2.05, 4.69) is 0 Å². The van der Waals surface area contributed by atoms with Gasteiger partial charge < -0.3 is 20.1 Å². The number of hydrogen-bond donors (Lipinski definition) is 3. The zero-order valence-electron chi connectivity index (χ0n) is 6.47. The monoisotopic (exact) mass is 162 g/mol. The average molecular weight is 162 g/mol. The number of aldehydes is 1. The van der Waals surface area contributed by atoms with Gasteiger partial charge in [-0.25, -0.2) is 0 Å². The van der Waals surface area contributed by atoms with E-state index in [1.165, 1.54) is 0 Å². The van der Waals surface area contributed by atoms with E-state index in [9.17, 15) is 4.79 Å². The van der Waals surface area contributed by atoms with Crippen molar-refractivity contribution in [2.75, 3.05) is 0 Å². The third-order valence-electron chi connectivity index (χ3n) is 1.54. The molecule has 0 aromatic heterocycles. The molecule has 0 saturated carbocycles. The van der Waals surface area contributed by atoms with Crippen LogP contribution in [0.3, 0.4) is 0 Å². The van der Waals surface area contributed by atoms with Crippen LogP contribution < -0.4 is 0 Å². The zero-order valence-corrected chi connectivity index (χ0v) is 6.47. The maximum Gasteiger partial charge on any atom is 0.122 e. The van der Waals surface area contributed by atoms with Crippen molar-refractivity contribution in [3.8, 4) is 0 Å². The standard InChI is InChI=1S/C7H14O4/c1-2-5(9)7(11)6(10)3-4-8/h4-7,9-11H,2-3H2,1H3/t5-,6-,7-/m1/s1. The third kappa shape index (κ3) is 3.46. The van der Waals surface area contributed by atoms with Gasteiger partial charge in [-0.3, -0.25) is 0 Å². The van der Waals surface area contributed by atoms with Gasteiger partial charge in [0.15, 0.2) is 0 Å². The highest BCUT2D eigenvalue weighted by atomic mass is 16.4. The summed E-state index contributed by atoms with van der Waals surface area (Å²) in [6.07, 6.45) is -2.59. The van der Waals surface area contributed by atoms with E-state index in [1.54, 1.807) is 6.92 Å². The first-order chi connectivity index (χ1) is 5.13. The molecule has 3 N–H and O–H groups in total. The van der Waals surface area contributed by atoms with E-state index in [1.807, 2.05) is 0 Å². The van der Waals surface area contributed by atoms with Crippen molar-refractivity contribution in [2.24, 2.45) is 0 Å². The van der Waals surface area contributed by atoms with Gasteiger partial charge in [0, 0.05) is 6.42 Å². The Balaban J connectivity index is 3.79. The quantitative estimate of drug-likeness (QED) is 0.456. The minimum absolute atomic E-state index is 0.141. The van der Waals surface area contributed by atoms with Crippen LogP contribution >= 0.6 is 0 Å². The molecular weight excluding hydrogens is 148 g/mol. The average Bonchev–Trinajstić information content (AvgIpc) is 2.02. The highest BCUT2D eigenvalue weighted by molar-refractivity contribution is 5.50. The van der Waals surface area contributed by atoms with Crippen molar-refractivity contribution in [3.05, 3.63) is 0 Å². The van der Waals surface area contributed by atoms with Gasteiger partial charge in [0.25, 0.3) is 0 Å². The molecule has 0 aromatic rings. The number of rotatable bonds is 5. The molecule has 0 saturated heterocycles. The van der Waals surface area contributed by atoms with Gasteiger partial charge in [0.2, 0.25) is 0 Å². The molecule has 0 heterocycles. The lowest BCUT2D eigenvalue weighted by Gasteiger charge is -2.19. The van der Waals surface area contributed by atoms with Crippen molar-refractivity contribution >= 4 is 6.29 Å². The molecule has 0 rings (SSSR count). The van der Waals surface area contributed by atoms with Crippen LogP contribution in [0.1, 0.15) is 19.8 Å². The summed E-state index contributed by atoms with van der Waals surface area (Å²) in [5.41, 5.74) is 0. The molecule has 0 unspecified atom stereocenters. The first kappa shape index (κ1) is 10.6. The first-order valence-corrected chi connectivity index (χ1v) is 3.61. The Bertz CT molecular complexity index is 115. The molecule has 11 heavy (non-hydrogen) atoms. The Morgan fingerprint density at radius 1 is 1.27 bits per heavy atom. The largest absolute Gasteiger partial charge is 0.390 e. The lowest BCUT2D eigenvalue weighted by molar-refractivity contribution is -0.113. The normalized spacial score (nSPS) is 18.9. The Kier molecular flexibility index (Phi) is 5.02. The Morgan fingerprint density at radius 3 is 2.18 bits per heavy atom. The molecule has 0 aliphatic heterocycles. The van der Waals surface area contributed by atoms with Gasteiger partial charge in [-0.1, -0.05) is 6.92 Å². The van der Waals surface area contributed by atoms with E-state index in [0.29, 0.717) is 12.7 Å². The summed E-state index contributed by atoms with van der Waals surface area (Å²) in [5.74, 6) is 0. The van der Waals surface area contributed by atoms with E-state index >= 15 is 0 Å². The van der Waals surface area contributed by atoms with Crippen LogP contribution in [0, 0.1) is 0 Å². The maximum atomic E-state index is 9.88. The molecular formula is C7H14O4. The molecule has 66 valence electrons.